The van der Waals surface area contributed by atoms with Gasteiger partial charge in [-0.25, -0.2) is 0 Å². The molecule has 4 heteroatoms. The molecule has 0 fully saturated rings. The lowest BCUT2D eigenvalue weighted by atomic mass is 10.3. The smallest absolute Gasteiger partial charge is 0.471 e. The molecule has 0 aliphatic heterocycles. The minimum absolute atomic E-state index is 0.0746. The Bertz CT molecular complexity index is 161. The van der Waals surface area contributed by atoms with Crippen molar-refractivity contribution in [2.45, 2.75) is 59.7 Å². The fourth-order valence-electron chi connectivity index (χ4n) is 0.838. The fourth-order valence-corrected chi connectivity index (χ4v) is 2.51. The Morgan fingerprint density at radius 1 is 1.14 bits per heavy atom. The molecule has 0 saturated carbocycles. The molecule has 0 rings (SSSR count). The topological polar surface area (TPSA) is 35.5 Å². The molecule has 0 bridgehead atoms. The standard InChI is InChI=1S/2C4H9O.C2H3O.Al/c2*1-3-4(2)5;1-2-3;/h2*4H,3H2,1-2H3;1H3;/q2*-1;;+2. The molecule has 82 valence electrons. The van der Waals surface area contributed by atoms with E-state index in [0.717, 1.165) is 12.8 Å². The molecule has 2 unspecified atom stereocenters. The zero-order valence-corrected chi connectivity index (χ0v) is 11.0. The molecular formula is C10H21AlO3. The number of carbonyl (C=O) groups excluding carboxylic acids is 1. The van der Waals surface area contributed by atoms with Crippen molar-refractivity contribution in [3.63, 3.8) is 0 Å². The van der Waals surface area contributed by atoms with Gasteiger partial charge in [-0.05, 0) is 33.6 Å². The molecule has 0 heterocycles. The van der Waals surface area contributed by atoms with Crippen molar-refractivity contribution < 1.29 is 12.4 Å². The number of carbonyl (C=O) groups is 1. The number of hydrogen-bond acceptors (Lipinski definition) is 3. The minimum atomic E-state index is -2.10. The third kappa shape index (κ3) is 5.77. The summed E-state index contributed by atoms with van der Waals surface area (Å²) in [4.78, 5) is 11.3. The summed E-state index contributed by atoms with van der Waals surface area (Å²) in [5, 5.41) is 0. The molecule has 0 saturated heterocycles. The molecule has 0 aromatic rings. The summed E-state index contributed by atoms with van der Waals surface area (Å²) >= 11 is -2.10. The third-order valence-corrected chi connectivity index (χ3v) is 4.28. The molecule has 0 radical (unpaired) electrons. The third-order valence-electron chi connectivity index (χ3n) is 2.19. The Labute approximate surface area is 91.8 Å². The van der Waals surface area contributed by atoms with Crippen LogP contribution >= 0.6 is 0 Å². The SMILES string of the molecule is CCC(C)[O][Al]([O]C(C)CC)[C](C)=O. The summed E-state index contributed by atoms with van der Waals surface area (Å²) in [5.41, 5.74) is 0. The van der Waals surface area contributed by atoms with Gasteiger partial charge in [-0.1, -0.05) is 13.8 Å². The van der Waals surface area contributed by atoms with E-state index in [1.54, 1.807) is 6.92 Å². The second-order valence-corrected chi connectivity index (χ2v) is 5.67. The second kappa shape index (κ2) is 7.42. The van der Waals surface area contributed by atoms with Crippen molar-refractivity contribution in [2.75, 3.05) is 0 Å². The van der Waals surface area contributed by atoms with Gasteiger partial charge in [0, 0.05) is 12.2 Å². The predicted octanol–water partition coefficient (Wildman–Crippen LogP) is 2.23. The quantitative estimate of drug-likeness (QED) is 0.612. The van der Waals surface area contributed by atoms with Crippen LogP contribution in [0, 0.1) is 0 Å². The van der Waals surface area contributed by atoms with E-state index in [2.05, 4.69) is 0 Å². The van der Waals surface area contributed by atoms with Crippen molar-refractivity contribution in [2.24, 2.45) is 0 Å². The highest BCUT2D eigenvalue weighted by molar-refractivity contribution is 6.80. The van der Waals surface area contributed by atoms with Crippen molar-refractivity contribution >= 4 is 19.5 Å². The lowest BCUT2D eigenvalue weighted by Gasteiger charge is -2.19. The van der Waals surface area contributed by atoms with Gasteiger partial charge >= 0.3 is 14.8 Å². The molecule has 2 atom stereocenters. The lowest BCUT2D eigenvalue weighted by molar-refractivity contribution is -0.113. The number of hydrogen-bond donors (Lipinski definition) is 0. The van der Waals surface area contributed by atoms with Gasteiger partial charge in [0.2, 0.25) is 0 Å². The number of rotatable bonds is 7. The zero-order chi connectivity index (χ0) is 11.1. The van der Waals surface area contributed by atoms with E-state index in [0.29, 0.717) is 0 Å². The summed E-state index contributed by atoms with van der Waals surface area (Å²) < 4.78 is 11.3. The van der Waals surface area contributed by atoms with E-state index in [1.165, 1.54) is 0 Å². The van der Waals surface area contributed by atoms with Crippen LogP contribution in [-0.2, 0) is 12.4 Å². The minimum Gasteiger partial charge on any atom is -0.471 e. The molecule has 0 aliphatic rings. The average Bonchev–Trinajstić information content (AvgIpc) is 2.16. The van der Waals surface area contributed by atoms with Crippen molar-refractivity contribution in [3.8, 4) is 0 Å². The largest absolute Gasteiger partial charge is 0.757 e. The summed E-state index contributed by atoms with van der Waals surface area (Å²) in [6.07, 6.45) is 2.08. The second-order valence-electron chi connectivity index (χ2n) is 3.65. The summed E-state index contributed by atoms with van der Waals surface area (Å²) in [6, 6.07) is 0. The first-order chi connectivity index (χ1) is 6.51. The molecule has 0 spiro atoms. The first kappa shape index (κ1) is 14.1. The van der Waals surface area contributed by atoms with Crippen LogP contribution in [0.2, 0.25) is 0 Å². The van der Waals surface area contributed by atoms with Crippen molar-refractivity contribution in [1.82, 2.24) is 0 Å². The molecular weight excluding hydrogens is 195 g/mol. The van der Waals surface area contributed by atoms with Gasteiger partial charge in [0.15, 0.2) is 0 Å². The van der Waals surface area contributed by atoms with Gasteiger partial charge < -0.3 is 12.4 Å². The van der Waals surface area contributed by atoms with E-state index in [9.17, 15) is 4.79 Å². The van der Waals surface area contributed by atoms with Crippen LogP contribution in [0.3, 0.4) is 0 Å². The molecule has 14 heavy (non-hydrogen) atoms. The molecule has 0 amide bonds. The maximum absolute atomic E-state index is 11.3. The van der Waals surface area contributed by atoms with Gasteiger partial charge in [-0.3, -0.25) is 0 Å². The van der Waals surface area contributed by atoms with Crippen LogP contribution in [0.4, 0.5) is 0 Å². The predicted molar refractivity (Wildman–Crippen MR) is 58.1 cm³/mol. The maximum atomic E-state index is 11.3. The molecule has 0 aromatic heterocycles. The van der Waals surface area contributed by atoms with Crippen LogP contribution in [0.15, 0.2) is 0 Å². The first-order valence-electron chi connectivity index (χ1n) is 5.32. The lowest BCUT2D eigenvalue weighted by Crippen LogP contribution is -2.37. The average molecular weight is 216 g/mol. The highest BCUT2D eigenvalue weighted by atomic mass is 27.2. The van der Waals surface area contributed by atoms with Crippen molar-refractivity contribution in [1.29, 1.82) is 0 Å². The van der Waals surface area contributed by atoms with Crippen LogP contribution in [-0.4, -0.2) is 31.7 Å². The van der Waals surface area contributed by atoms with Crippen LogP contribution in [0.25, 0.3) is 0 Å². The molecule has 3 nitrogen and oxygen atoms in total. The van der Waals surface area contributed by atoms with Crippen LogP contribution in [0.5, 0.6) is 0 Å². The summed E-state index contributed by atoms with van der Waals surface area (Å²) in [6.45, 7) is 9.59. The monoisotopic (exact) mass is 216 g/mol. The van der Waals surface area contributed by atoms with E-state index in [-0.39, 0.29) is 16.9 Å². The highest BCUT2D eigenvalue weighted by Crippen LogP contribution is 2.06. The Morgan fingerprint density at radius 2 is 1.50 bits per heavy atom. The van der Waals surface area contributed by atoms with Crippen LogP contribution in [0.1, 0.15) is 47.5 Å². The Kier molecular flexibility index (Phi) is 7.48. The van der Waals surface area contributed by atoms with Gasteiger partial charge in [0.25, 0.3) is 0 Å². The van der Waals surface area contributed by atoms with Crippen LogP contribution < -0.4 is 0 Å². The molecule has 0 aliphatic carbocycles. The fraction of sp³-hybridized carbons (Fsp3) is 0.900. The first-order valence-corrected chi connectivity index (χ1v) is 6.84. The molecule has 0 N–H and O–H groups in total. The molecule has 0 aromatic carbocycles. The van der Waals surface area contributed by atoms with Gasteiger partial charge in [-0.2, -0.15) is 0 Å². The zero-order valence-electron chi connectivity index (χ0n) is 9.87. The van der Waals surface area contributed by atoms with Crippen molar-refractivity contribution in [3.05, 3.63) is 0 Å². The highest BCUT2D eigenvalue weighted by Gasteiger charge is 2.35. The Morgan fingerprint density at radius 3 is 1.71 bits per heavy atom. The van der Waals surface area contributed by atoms with E-state index in [4.69, 9.17) is 7.58 Å². The van der Waals surface area contributed by atoms with E-state index >= 15 is 0 Å². The van der Waals surface area contributed by atoms with E-state index in [1.807, 2.05) is 27.7 Å². The summed E-state index contributed by atoms with van der Waals surface area (Å²) in [5.74, 6) is 0. The van der Waals surface area contributed by atoms with Gasteiger partial charge in [-0.15, -0.1) is 0 Å². The maximum Gasteiger partial charge on any atom is 0.757 e. The normalized spacial score (nSPS) is 14.9. The van der Waals surface area contributed by atoms with E-state index < -0.39 is 14.8 Å². The Hall–Kier alpha value is 0.122. The summed E-state index contributed by atoms with van der Waals surface area (Å²) in [7, 11) is 0. The van der Waals surface area contributed by atoms with Gasteiger partial charge in [0.1, 0.15) is 4.65 Å². The Balaban J connectivity index is 4.09. The van der Waals surface area contributed by atoms with Gasteiger partial charge in [0.05, 0.1) is 0 Å².